The van der Waals surface area contributed by atoms with Gasteiger partial charge in [-0.1, -0.05) is 13.8 Å². The summed E-state index contributed by atoms with van der Waals surface area (Å²) in [6, 6.07) is 0.100. The normalized spacial score (nSPS) is 21.8. The fourth-order valence-corrected chi connectivity index (χ4v) is 3.08. The van der Waals surface area contributed by atoms with Crippen LogP contribution in [0.1, 0.15) is 46.0 Å². The number of nitrogens with zero attached hydrogens (tertiary/aromatic N) is 1. The summed E-state index contributed by atoms with van der Waals surface area (Å²) in [7, 11) is 0. The zero-order valence-electron chi connectivity index (χ0n) is 14.9. The lowest BCUT2D eigenvalue weighted by atomic mass is 9.94. The molecule has 1 aliphatic heterocycles. The number of nitrogens with one attached hydrogen (secondary N) is 2. The standard InChI is InChI=1S/C17H32N4O2.ClH/c1-12(2)9-20-17(23)21-7-3-4-13(11-21)8-16(22)19-10-15(18)14-5-6-14;/h12-15H,3-11,18H2,1-2H3,(H,19,22)(H,20,23);1H. The molecule has 1 heterocycles. The number of likely N-dealkylation sites (tertiary alicyclic amines) is 1. The number of nitrogens with two attached hydrogens (primary N) is 1. The molecule has 24 heavy (non-hydrogen) atoms. The van der Waals surface area contributed by atoms with Crippen LogP contribution in [0.2, 0.25) is 0 Å². The Kier molecular flexibility index (Phi) is 8.84. The second-order valence-corrected chi connectivity index (χ2v) is 7.54. The summed E-state index contributed by atoms with van der Waals surface area (Å²) in [5.74, 6) is 1.37. The Balaban J connectivity index is 0.00000288. The highest BCUT2D eigenvalue weighted by Crippen LogP contribution is 2.31. The minimum absolute atomic E-state index is 0. The first kappa shape index (κ1) is 21.0. The van der Waals surface area contributed by atoms with Gasteiger partial charge in [0, 0.05) is 38.6 Å². The van der Waals surface area contributed by atoms with E-state index in [1.54, 1.807) is 0 Å². The van der Waals surface area contributed by atoms with Gasteiger partial charge in [-0.15, -0.1) is 12.4 Å². The number of urea groups is 1. The van der Waals surface area contributed by atoms with Gasteiger partial charge in [-0.25, -0.2) is 4.79 Å². The highest BCUT2D eigenvalue weighted by molar-refractivity contribution is 5.85. The molecule has 6 nitrogen and oxygen atoms in total. The maximum absolute atomic E-state index is 12.1. The fourth-order valence-electron chi connectivity index (χ4n) is 3.08. The minimum atomic E-state index is -0.000404. The van der Waals surface area contributed by atoms with Crippen LogP contribution in [0, 0.1) is 17.8 Å². The second-order valence-electron chi connectivity index (χ2n) is 7.54. The molecule has 0 radical (unpaired) electrons. The SMILES string of the molecule is CC(C)CNC(=O)N1CCCC(CC(=O)NCC(N)C2CC2)C1.Cl. The van der Waals surface area contributed by atoms with E-state index in [0.717, 1.165) is 19.4 Å². The van der Waals surface area contributed by atoms with E-state index in [2.05, 4.69) is 24.5 Å². The number of piperidine rings is 1. The number of carbonyl (C=O) groups excluding carboxylic acids is 2. The summed E-state index contributed by atoms with van der Waals surface area (Å²) in [5.41, 5.74) is 6.00. The smallest absolute Gasteiger partial charge is 0.317 e. The molecular weight excluding hydrogens is 328 g/mol. The summed E-state index contributed by atoms with van der Waals surface area (Å²) in [5, 5.41) is 5.91. The van der Waals surface area contributed by atoms with Crippen molar-refractivity contribution in [1.29, 1.82) is 0 Å². The molecule has 0 spiro atoms. The van der Waals surface area contributed by atoms with E-state index in [0.29, 0.717) is 37.9 Å². The largest absolute Gasteiger partial charge is 0.355 e. The zero-order valence-corrected chi connectivity index (χ0v) is 15.7. The lowest BCUT2D eigenvalue weighted by molar-refractivity contribution is -0.122. The molecule has 3 amide bonds. The van der Waals surface area contributed by atoms with Crippen molar-refractivity contribution in [3.63, 3.8) is 0 Å². The van der Waals surface area contributed by atoms with Crippen molar-refractivity contribution in [3.05, 3.63) is 0 Å². The van der Waals surface area contributed by atoms with Crippen LogP contribution < -0.4 is 16.4 Å². The number of hydrogen-bond donors (Lipinski definition) is 3. The Bertz CT molecular complexity index is 415. The van der Waals surface area contributed by atoms with E-state index in [-0.39, 0.29) is 36.3 Å². The lowest BCUT2D eigenvalue weighted by Gasteiger charge is -2.32. The summed E-state index contributed by atoms with van der Waals surface area (Å²) in [6.07, 6.45) is 4.86. The monoisotopic (exact) mass is 360 g/mol. The summed E-state index contributed by atoms with van der Waals surface area (Å²) < 4.78 is 0. The predicted molar refractivity (Wildman–Crippen MR) is 98.1 cm³/mol. The van der Waals surface area contributed by atoms with Gasteiger partial charge in [-0.05, 0) is 43.4 Å². The molecule has 140 valence electrons. The fraction of sp³-hybridized carbons (Fsp3) is 0.882. The average molecular weight is 361 g/mol. The highest BCUT2D eigenvalue weighted by atomic mass is 35.5. The summed E-state index contributed by atoms with van der Waals surface area (Å²) in [4.78, 5) is 26.0. The Morgan fingerprint density at radius 1 is 1.17 bits per heavy atom. The maximum atomic E-state index is 12.1. The number of amides is 3. The van der Waals surface area contributed by atoms with Crippen LogP contribution in [0.4, 0.5) is 4.79 Å². The Morgan fingerprint density at radius 3 is 2.50 bits per heavy atom. The molecule has 2 atom stereocenters. The topological polar surface area (TPSA) is 87.5 Å². The van der Waals surface area contributed by atoms with Crippen LogP contribution in [0.3, 0.4) is 0 Å². The van der Waals surface area contributed by atoms with Gasteiger partial charge in [-0.3, -0.25) is 4.79 Å². The van der Waals surface area contributed by atoms with Gasteiger partial charge in [0.15, 0.2) is 0 Å². The van der Waals surface area contributed by atoms with E-state index < -0.39 is 0 Å². The molecule has 7 heteroatoms. The molecule has 2 aliphatic rings. The quantitative estimate of drug-likeness (QED) is 0.646. The molecule has 1 saturated carbocycles. The van der Waals surface area contributed by atoms with E-state index in [4.69, 9.17) is 5.73 Å². The van der Waals surface area contributed by atoms with Gasteiger partial charge < -0.3 is 21.3 Å². The first-order valence-corrected chi connectivity index (χ1v) is 9.00. The van der Waals surface area contributed by atoms with Crippen LogP contribution >= 0.6 is 12.4 Å². The van der Waals surface area contributed by atoms with Crippen molar-refractivity contribution in [1.82, 2.24) is 15.5 Å². The summed E-state index contributed by atoms with van der Waals surface area (Å²) >= 11 is 0. The van der Waals surface area contributed by atoms with Crippen LogP contribution in [-0.2, 0) is 4.79 Å². The molecule has 0 aromatic heterocycles. The Hall–Kier alpha value is -1.01. The van der Waals surface area contributed by atoms with E-state index in [1.165, 1.54) is 12.8 Å². The molecule has 1 saturated heterocycles. The Morgan fingerprint density at radius 2 is 1.88 bits per heavy atom. The predicted octanol–water partition coefficient (Wildman–Crippen LogP) is 1.73. The molecule has 2 unspecified atom stereocenters. The van der Waals surface area contributed by atoms with Crippen molar-refractivity contribution in [3.8, 4) is 0 Å². The van der Waals surface area contributed by atoms with Crippen molar-refractivity contribution in [2.45, 2.75) is 52.0 Å². The second kappa shape index (κ2) is 10.1. The van der Waals surface area contributed by atoms with Gasteiger partial charge >= 0.3 is 6.03 Å². The molecule has 2 rings (SSSR count). The third-order valence-electron chi connectivity index (χ3n) is 4.70. The zero-order chi connectivity index (χ0) is 16.8. The number of halogens is 1. The first-order valence-electron chi connectivity index (χ1n) is 9.00. The molecule has 0 aromatic carbocycles. The average Bonchev–Trinajstić information content (AvgIpc) is 3.35. The van der Waals surface area contributed by atoms with Gasteiger partial charge in [0.05, 0.1) is 0 Å². The van der Waals surface area contributed by atoms with E-state index in [9.17, 15) is 9.59 Å². The molecule has 2 fully saturated rings. The molecule has 0 aromatic rings. The van der Waals surface area contributed by atoms with Crippen molar-refractivity contribution in [2.24, 2.45) is 23.5 Å². The van der Waals surface area contributed by atoms with Gasteiger partial charge in [-0.2, -0.15) is 0 Å². The van der Waals surface area contributed by atoms with Crippen molar-refractivity contribution in [2.75, 3.05) is 26.2 Å². The molecule has 4 N–H and O–H groups in total. The van der Waals surface area contributed by atoms with Gasteiger partial charge in [0.2, 0.25) is 5.91 Å². The van der Waals surface area contributed by atoms with Crippen molar-refractivity contribution < 1.29 is 9.59 Å². The molecular formula is C17H33ClN4O2. The third kappa shape index (κ3) is 7.26. The lowest BCUT2D eigenvalue weighted by Crippen LogP contribution is -2.47. The summed E-state index contributed by atoms with van der Waals surface area (Å²) in [6.45, 7) is 6.89. The molecule has 0 bridgehead atoms. The maximum Gasteiger partial charge on any atom is 0.317 e. The van der Waals surface area contributed by atoms with Crippen LogP contribution in [0.25, 0.3) is 0 Å². The number of hydrogen-bond acceptors (Lipinski definition) is 3. The third-order valence-corrected chi connectivity index (χ3v) is 4.70. The van der Waals surface area contributed by atoms with Gasteiger partial charge in [0.25, 0.3) is 0 Å². The molecule has 1 aliphatic carbocycles. The van der Waals surface area contributed by atoms with Crippen molar-refractivity contribution >= 4 is 24.3 Å². The van der Waals surface area contributed by atoms with Gasteiger partial charge in [0.1, 0.15) is 0 Å². The number of carbonyl (C=O) groups is 2. The van der Waals surface area contributed by atoms with Crippen LogP contribution in [-0.4, -0.2) is 49.1 Å². The minimum Gasteiger partial charge on any atom is -0.355 e. The Labute approximate surface area is 151 Å². The van der Waals surface area contributed by atoms with Crippen LogP contribution in [0.15, 0.2) is 0 Å². The van der Waals surface area contributed by atoms with Crippen LogP contribution in [0.5, 0.6) is 0 Å². The van der Waals surface area contributed by atoms with E-state index in [1.807, 2.05) is 4.90 Å². The van der Waals surface area contributed by atoms with E-state index >= 15 is 0 Å². The number of rotatable bonds is 7. The first-order chi connectivity index (χ1) is 11.0. The highest BCUT2D eigenvalue weighted by Gasteiger charge is 2.29.